The van der Waals surface area contributed by atoms with Crippen molar-refractivity contribution in [2.24, 2.45) is 17.8 Å². The average molecular weight is 244 g/mol. The molecule has 0 saturated heterocycles. The zero-order valence-electron chi connectivity index (χ0n) is 10.5. The zero-order valence-corrected chi connectivity index (χ0v) is 10.5. The summed E-state index contributed by atoms with van der Waals surface area (Å²) in [5.41, 5.74) is 7.91. The Balaban J connectivity index is 1.97. The number of rotatable bonds is 3. The Morgan fingerprint density at radius 3 is 2.72 bits per heavy atom. The first-order valence-electron chi connectivity index (χ1n) is 5.61. The van der Waals surface area contributed by atoms with Gasteiger partial charge in [-0.2, -0.15) is 5.10 Å². The second-order valence-electron chi connectivity index (χ2n) is 3.99. The molecule has 6 heteroatoms. The van der Waals surface area contributed by atoms with E-state index < -0.39 is 0 Å². The fourth-order valence-corrected chi connectivity index (χ4v) is 1.44. The molecule has 0 bridgehead atoms. The first-order chi connectivity index (χ1) is 8.65. The van der Waals surface area contributed by atoms with Gasteiger partial charge in [-0.05, 0) is 19.1 Å². The number of nitrogens with one attached hydrogen (secondary N) is 1. The van der Waals surface area contributed by atoms with E-state index in [0.29, 0.717) is 12.5 Å². The molecule has 0 radical (unpaired) electrons. The van der Waals surface area contributed by atoms with Crippen molar-refractivity contribution in [2.75, 3.05) is 5.32 Å². The van der Waals surface area contributed by atoms with Gasteiger partial charge >= 0.3 is 0 Å². The predicted octanol–water partition coefficient (Wildman–Crippen LogP) is 1.05. The van der Waals surface area contributed by atoms with Crippen molar-refractivity contribution in [3.05, 3.63) is 42.0 Å². The summed E-state index contributed by atoms with van der Waals surface area (Å²) in [6.07, 6.45) is 1.49. The van der Waals surface area contributed by atoms with Crippen LogP contribution >= 0.6 is 0 Å². The normalized spacial score (nSPS) is 11.6. The fraction of sp³-hybridized carbons (Fsp3) is 0.250. The minimum Gasteiger partial charge on any atom is -0.370 e. The SMILES string of the molecule is Cc1ccc(NC(N)=NCc2ncnn2C)cc1. The highest BCUT2D eigenvalue weighted by Gasteiger charge is 1.99. The number of anilines is 1. The van der Waals surface area contributed by atoms with Crippen molar-refractivity contribution in [1.82, 2.24) is 14.8 Å². The van der Waals surface area contributed by atoms with Gasteiger partial charge in [0, 0.05) is 12.7 Å². The molecule has 94 valence electrons. The van der Waals surface area contributed by atoms with Crippen molar-refractivity contribution in [2.45, 2.75) is 13.5 Å². The van der Waals surface area contributed by atoms with Crippen molar-refractivity contribution in [3.8, 4) is 0 Å². The third kappa shape index (κ3) is 3.07. The molecule has 0 amide bonds. The van der Waals surface area contributed by atoms with Crippen molar-refractivity contribution in [3.63, 3.8) is 0 Å². The second-order valence-corrected chi connectivity index (χ2v) is 3.99. The van der Waals surface area contributed by atoms with Gasteiger partial charge in [0.1, 0.15) is 18.7 Å². The minimum absolute atomic E-state index is 0.363. The smallest absolute Gasteiger partial charge is 0.193 e. The summed E-state index contributed by atoms with van der Waals surface area (Å²) in [7, 11) is 1.82. The number of aryl methyl sites for hydroxylation is 2. The summed E-state index contributed by atoms with van der Waals surface area (Å²) < 4.78 is 1.67. The lowest BCUT2D eigenvalue weighted by Gasteiger charge is -2.05. The molecule has 2 rings (SSSR count). The summed E-state index contributed by atoms with van der Waals surface area (Å²) in [5, 5.41) is 6.98. The molecule has 0 aliphatic heterocycles. The third-order valence-electron chi connectivity index (χ3n) is 2.52. The van der Waals surface area contributed by atoms with Crippen LogP contribution in [0.3, 0.4) is 0 Å². The summed E-state index contributed by atoms with van der Waals surface area (Å²) in [6.45, 7) is 2.44. The molecular weight excluding hydrogens is 228 g/mol. The summed E-state index contributed by atoms with van der Waals surface area (Å²) in [6, 6.07) is 7.94. The molecular formula is C12H16N6. The Bertz CT molecular complexity index is 540. The summed E-state index contributed by atoms with van der Waals surface area (Å²) >= 11 is 0. The molecule has 0 aliphatic rings. The molecule has 0 fully saturated rings. The predicted molar refractivity (Wildman–Crippen MR) is 71.1 cm³/mol. The monoisotopic (exact) mass is 244 g/mol. The third-order valence-corrected chi connectivity index (χ3v) is 2.52. The van der Waals surface area contributed by atoms with Crippen molar-refractivity contribution < 1.29 is 0 Å². The van der Waals surface area contributed by atoms with E-state index in [-0.39, 0.29) is 0 Å². The van der Waals surface area contributed by atoms with Gasteiger partial charge in [0.15, 0.2) is 5.96 Å². The van der Waals surface area contributed by atoms with Crippen LogP contribution in [0.2, 0.25) is 0 Å². The van der Waals surface area contributed by atoms with Crippen LogP contribution in [0.15, 0.2) is 35.6 Å². The lowest BCUT2D eigenvalue weighted by atomic mass is 10.2. The minimum atomic E-state index is 0.363. The molecule has 0 spiro atoms. The van der Waals surface area contributed by atoms with Crippen LogP contribution in [0.4, 0.5) is 5.69 Å². The van der Waals surface area contributed by atoms with Gasteiger partial charge in [0.2, 0.25) is 0 Å². The largest absolute Gasteiger partial charge is 0.370 e. The van der Waals surface area contributed by atoms with Crippen LogP contribution in [0.25, 0.3) is 0 Å². The van der Waals surface area contributed by atoms with Gasteiger partial charge in [0.25, 0.3) is 0 Å². The standard InChI is InChI=1S/C12H16N6/c1-9-3-5-10(6-4-9)17-12(13)14-7-11-15-8-16-18(11)2/h3-6,8H,7H2,1-2H3,(H3,13,14,17). The Labute approximate surface area is 106 Å². The number of hydrogen-bond acceptors (Lipinski definition) is 3. The number of nitrogens with two attached hydrogens (primary N) is 1. The number of guanidine groups is 1. The van der Waals surface area contributed by atoms with E-state index in [1.165, 1.54) is 11.9 Å². The molecule has 18 heavy (non-hydrogen) atoms. The first-order valence-corrected chi connectivity index (χ1v) is 5.61. The lowest BCUT2D eigenvalue weighted by Crippen LogP contribution is -2.22. The number of nitrogens with zero attached hydrogens (tertiary/aromatic N) is 4. The fourth-order valence-electron chi connectivity index (χ4n) is 1.44. The molecule has 0 unspecified atom stereocenters. The van der Waals surface area contributed by atoms with E-state index in [4.69, 9.17) is 5.73 Å². The summed E-state index contributed by atoms with van der Waals surface area (Å²) in [5.74, 6) is 1.13. The number of aromatic nitrogens is 3. The van der Waals surface area contributed by atoms with E-state index >= 15 is 0 Å². The highest BCUT2D eigenvalue weighted by Crippen LogP contribution is 2.07. The highest BCUT2D eigenvalue weighted by molar-refractivity contribution is 5.92. The Kier molecular flexibility index (Phi) is 3.57. The molecule has 6 nitrogen and oxygen atoms in total. The molecule has 1 heterocycles. The number of aliphatic imine (C=N–C) groups is 1. The van der Waals surface area contributed by atoms with Crippen LogP contribution in [0.1, 0.15) is 11.4 Å². The highest BCUT2D eigenvalue weighted by atomic mass is 15.3. The van der Waals surface area contributed by atoms with Crippen molar-refractivity contribution >= 4 is 11.6 Å². The zero-order chi connectivity index (χ0) is 13.0. The number of benzene rings is 1. The van der Waals surface area contributed by atoms with E-state index in [1.54, 1.807) is 4.68 Å². The Morgan fingerprint density at radius 2 is 2.11 bits per heavy atom. The maximum Gasteiger partial charge on any atom is 0.193 e. The number of hydrogen-bond donors (Lipinski definition) is 2. The van der Waals surface area contributed by atoms with E-state index in [9.17, 15) is 0 Å². The molecule has 1 aromatic carbocycles. The van der Waals surface area contributed by atoms with Crippen LogP contribution < -0.4 is 11.1 Å². The topological polar surface area (TPSA) is 81.1 Å². The van der Waals surface area contributed by atoms with Crippen LogP contribution in [0.5, 0.6) is 0 Å². The van der Waals surface area contributed by atoms with Gasteiger partial charge in [0.05, 0.1) is 0 Å². The van der Waals surface area contributed by atoms with E-state index in [2.05, 4.69) is 20.4 Å². The van der Waals surface area contributed by atoms with Gasteiger partial charge < -0.3 is 11.1 Å². The molecule has 2 aromatic rings. The second kappa shape index (κ2) is 5.31. The lowest BCUT2D eigenvalue weighted by molar-refractivity contribution is 0.702. The van der Waals surface area contributed by atoms with Gasteiger partial charge in [-0.1, -0.05) is 17.7 Å². The Morgan fingerprint density at radius 1 is 1.39 bits per heavy atom. The van der Waals surface area contributed by atoms with Gasteiger partial charge in [-0.15, -0.1) is 0 Å². The van der Waals surface area contributed by atoms with Crippen LogP contribution in [0, 0.1) is 6.92 Å². The van der Waals surface area contributed by atoms with Gasteiger partial charge in [-0.25, -0.2) is 9.98 Å². The molecule has 1 aromatic heterocycles. The summed E-state index contributed by atoms with van der Waals surface area (Å²) in [4.78, 5) is 8.27. The molecule has 0 saturated carbocycles. The van der Waals surface area contributed by atoms with Crippen molar-refractivity contribution in [1.29, 1.82) is 0 Å². The van der Waals surface area contributed by atoms with E-state index in [1.807, 2.05) is 38.2 Å². The van der Waals surface area contributed by atoms with Crippen LogP contribution in [-0.2, 0) is 13.6 Å². The Hall–Kier alpha value is -2.37. The molecule has 0 atom stereocenters. The molecule has 0 aliphatic carbocycles. The maximum absolute atomic E-state index is 5.79. The van der Waals surface area contributed by atoms with E-state index in [0.717, 1.165) is 11.5 Å². The average Bonchev–Trinajstić information content (AvgIpc) is 2.75. The first kappa shape index (κ1) is 12.1. The maximum atomic E-state index is 5.79. The van der Waals surface area contributed by atoms with Gasteiger partial charge in [-0.3, -0.25) is 4.68 Å². The quantitative estimate of drug-likeness (QED) is 0.624. The van der Waals surface area contributed by atoms with Crippen LogP contribution in [-0.4, -0.2) is 20.7 Å². The molecule has 3 N–H and O–H groups in total.